The molecule has 1 saturated heterocycles. The first-order valence-electron chi connectivity index (χ1n) is 9.64. The van der Waals surface area contributed by atoms with E-state index in [1.165, 1.54) is 0 Å². The highest BCUT2D eigenvalue weighted by Gasteiger charge is 2.25. The summed E-state index contributed by atoms with van der Waals surface area (Å²) in [5.41, 5.74) is 0.566. The highest BCUT2D eigenvalue weighted by Crippen LogP contribution is 2.19. The molecule has 3 rings (SSSR count). The van der Waals surface area contributed by atoms with Crippen LogP contribution < -0.4 is 15.5 Å². The quantitative estimate of drug-likeness (QED) is 0.780. The summed E-state index contributed by atoms with van der Waals surface area (Å²) in [6.07, 6.45) is 2.61. The van der Waals surface area contributed by atoms with Gasteiger partial charge in [0, 0.05) is 43.3 Å². The molecule has 2 aromatic rings. The molecule has 2 aromatic heterocycles. The third kappa shape index (κ3) is 5.01. The number of rotatable bonds is 6. The van der Waals surface area contributed by atoms with Crippen LogP contribution in [0.4, 0.5) is 10.6 Å². The third-order valence-electron chi connectivity index (χ3n) is 4.88. The van der Waals surface area contributed by atoms with Crippen molar-refractivity contribution in [2.75, 3.05) is 31.1 Å². The van der Waals surface area contributed by atoms with Crippen LogP contribution in [0.2, 0.25) is 0 Å². The molecule has 1 unspecified atom stereocenters. The predicted octanol–water partition coefficient (Wildman–Crippen LogP) is 2.70. The van der Waals surface area contributed by atoms with E-state index in [-0.39, 0.29) is 18.0 Å². The van der Waals surface area contributed by atoms with E-state index in [1.807, 2.05) is 29.3 Å². The number of urea groups is 1. The monoisotopic (exact) mass is 401 g/mol. The van der Waals surface area contributed by atoms with E-state index in [4.69, 9.17) is 0 Å². The average Bonchev–Trinajstić information content (AvgIpc) is 3.25. The molecule has 8 heteroatoms. The van der Waals surface area contributed by atoms with Gasteiger partial charge in [-0.2, -0.15) is 0 Å². The van der Waals surface area contributed by atoms with Crippen LogP contribution in [-0.2, 0) is 6.54 Å². The first kappa shape index (κ1) is 20.1. The Balaban J connectivity index is 1.60. The molecule has 0 spiro atoms. The molecular formula is C20H27N5O2S. The number of pyridine rings is 1. The highest BCUT2D eigenvalue weighted by atomic mass is 32.1. The van der Waals surface area contributed by atoms with Crippen LogP contribution in [0, 0.1) is 0 Å². The molecule has 1 aliphatic heterocycles. The minimum atomic E-state index is -0.131. The molecule has 1 atom stereocenters. The van der Waals surface area contributed by atoms with Crippen molar-refractivity contribution in [2.45, 2.75) is 32.9 Å². The summed E-state index contributed by atoms with van der Waals surface area (Å²) in [6.45, 7) is 7.07. The lowest BCUT2D eigenvalue weighted by molar-refractivity contribution is 0.0951. The maximum Gasteiger partial charge on any atom is 0.317 e. The van der Waals surface area contributed by atoms with Gasteiger partial charge in [-0.05, 0) is 36.9 Å². The second kappa shape index (κ2) is 9.54. The Morgan fingerprint density at radius 1 is 1.21 bits per heavy atom. The Morgan fingerprint density at radius 3 is 2.68 bits per heavy atom. The number of carbonyl (C=O) groups excluding carboxylic acids is 2. The SMILES string of the molecule is CCC(C)NC(=O)N1CCN(c2ncccc2C(=O)NCc2cccs2)CC1. The number of nitrogens with one attached hydrogen (secondary N) is 2. The predicted molar refractivity (Wildman–Crippen MR) is 112 cm³/mol. The van der Waals surface area contributed by atoms with Crippen LogP contribution in [0.15, 0.2) is 35.8 Å². The topological polar surface area (TPSA) is 77.6 Å². The Hall–Kier alpha value is -2.61. The van der Waals surface area contributed by atoms with Crippen molar-refractivity contribution in [1.29, 1.82) is 0 Å². The molecular weight excluding hydrogens is 374 g/mol. The summed E-state index contributed by atoms with van der Waals surface area (Å²) in [4.78, 5) is 34.4. The lowest BCUT2D eigenvalue weighted by Crippen LogP contribution is -2.53. The molecule has 3 heterocycles. The second-order valence-corrected chi connectivity index (χ2v) is 7.90. The zero-order chi connectivity index (χ0) is 19.9. The van der Waals surface area contributed by atoms with E-state index in [2.05, 4.69) is 27.4 Å². The number of thiophene rings is 1. The molecule has 150 valence electrons. The first-order chi connectivity index (χ1) is 13.6. The van der Waals surface area contributed by atoms with Crippen LogP contribution in [-0.4, -0.2) is 54.0 Å². The zero-order valence-corrected chi connectivity index (χ0v) is 17.2. The summed E-state index contributed by atoms with van der Waals surface area (Å²) in [6, 6.07) is 7.69. The molecule has 0 aliphatic carbocycles. The Morgan fingerprint density at radius 2 is 2.00 bits per heavy atom. The standard InChI is InChI=1S/C20H27N5O2S/c1-3-15(2)23-20(27)25-11-9-24(10-12-25)18-17(7-4-8-21-18)19(26)22-14-16-6-5-13-28-16/h4-8,13,15H,3,9-12,14H2,1-2H3,(H,22,26)(H,23,27). The van der Waals surface area contributed by atoms with Gasteiger partial charge in [0.25, 0.3) is 5.91 Å². The van der Waals surface area contributed by atoms with E-state index in [9.17, 15) is 9.59 Å². The lowest BCUT2D eigenvalue weighted by atomic mass is 10.2. The van der Waals surface area contributed by atoms with Gasteiger partial charge in [-0.3, -0.25) is 4.79 Å². The molecule has 7 nitrogen and oxygen atoms in total. The van der Waals surface area contributed by atoms with Crippen molar-refractivity contribution in [3.8, 4) is 0 Å². The molecule has 3 amide bonds. The Kier molecular flexibility index (Phi) is 6.86. The number of hydrogen-bond donors (Lipinski definition) is 2. The minimum Gasteiger partial charge on any atom is -0.352 e. The summed E-state index contributed by atoms with van der Waals surface area (Å²) in [7, 11) is 0. The van der Waals surface area contributed by atoms with Crippen LogP contribution >= 0.6 is 11.3 Å². The zero-order valence-electron chi connectivity index (χ0n) is 16.4. The highest BCUT2D eigenvalue weighted by molar-refractivity contribution is 7.09. The molecule has 0 saturated carbocycles. The van der Waals surface area contributed by atoms with Gasteiger partial charge in [-0.25, -0.2) is 9.78 Å². The fourth-order valence-corrected chi connectivity index (χ4v) is 3.67. The van der Waals surface area contributed by atoms with E-state index in [0.29, 0.717) is 44.1 Å². The van der Waals surface area contributed by atoms with Gasteiger partial charge in [-0.15, -0.1) is 11.3 Å². The van der Waals surface area contributed by atoms with E-state index < -0.39 is 0 Å². The average molecular weight is 402 g/mol. The minimum absolute atomic E-state index is 0.0241. The summed E-state index contributed by atoms with van der Waals surface area (Å²) >= 11 is 1.62. The Labute approximate surface area is 169 Å². The van der Waals surface area contributed by atoms with Gasteiger partial charge in [0.1, 0.15) is 5.82 Å². The Bertz CT molecular complexity index is 788. The van der Waals surface area contributed by atoms with E-state index >= 15 is 0 Å². The fraction of sp³-hybridized carbons (Fsp3) is 0.450. The second-order valence-electron chi connectivity index (χ2n) is 6.87. The molecule has 0 bridgehead atoms. The maximum atomic E-state index is 12.7. The summed E-state index contributed by atoms with van der Waals surface area (Å²) < 4.78 is 0. The number of amides is 3. The van der Waals surface area contributed by atoms with Gasteiger partial charge >= 0.3 is 6.03 Å². The van der Waals surface area contributed by atoms with Crippen LogP contribution in [0.5, 0.6) is 0 Å². The summed E-state index contributed by atoms with van der Waals surface area (Å²) in [5, 5.41) is 7.96. The smallest absolute Gasteiger partial charge is 0.317 e. The van der Waals surface area contributed by atoms with Crippen LogP contribution in [0.1, 0.15) is 35.5 Å². The molecule has 1 fully saturated rings. The van der Waals surface area contributed by atoms with Crippen molar-refractivity contribution < 1.29 is 9.59 Å². The van der Waals surface area contributed by atoms with Gasteiger partial charge in [0.2, 0.25) is 0 Å². The van der Waals surface area contributed by atoms with Gasteiger partial charge in [0.15, 0.2) is 0 Å². The third-order valence-corrected chi connectivity index (χ3v) is 5.76. The number of nitrogens with zero attached hydrogens (tertiary/aromatic N) is 3. The lowest BCUT2D eigenvalue weighted by Gasteiger charge is -2.36. The van der Waals surface area contributed by atoms with Gasteiger partial charge in [-0.1, -0.05) is 13.0 Å². The molecule has 1 aliphatic rings. The van der Waals surface area contributed by atoms with Crippen molar-refractivity contribution in [2.24, 2.45) is 0 Å². The molecule has 0 radical (unpaired) electrons. The number of anilines is 1. The van der Waals surface area contributed by atoms with Gasteiger partial charge in [0.05, 0.1) is 12.1 Å². The van der Waals surface area contributed by atoms with Crippen LogP contribution in [0.25, 0.3) is 0 Å². The molecule has 28 heavy (non-hydrogen) atoms. The van der Waals surface area contributed by atoms with Crippen molar-refractivity contribution in [3.63, 3.8) is 0 Å². The maximum absolute atomic E-state index is 12.7. The van der Waals surface area contributed by atoms with Gasteiger partial charge < -0.3 is 20.4 Å². The van der Waals surface area contributed by atoms with Crippen molar-refractivity contribution in [3.05, 3.63) is 46.3 Å². The molecule has 0 aromatic carbocycles. The fourth-order valence-electron chi connectivity index (χ4n) is 3.03. The number of piperazine rings is 1. The summed E-state index contributed by atoms with van der Waals surface area (Å²) in [5.74, 6) is 0.543. The van der Waals surface area contributed by atoms with E-state index in [1.54, 1.807) is 29.7 Å². The first-order valence-corrected chi connectivity index (χ1v) is 10.5. The van der Waals surface area contributed by atoms with Crippen LogP contribution in [0.3, 0.4) is 0 Å². The van der Waals surface area contributed by atoms with Crippen molar-refractivity contribution in [1.82, 2.24) is 20.5 Å². The number of hydrogen-bond acceptors (Lipinski definition) is 5. The normalized spacial score (nSPS) is 15.2. The largest absolute Gasteiger partial charge is 0.352 e. The molecule has 2 N–H and O–H groups in total. The van der Waals surface area contributed by atoms with E-state index in [0.717, 1.165) is 11.3 Å². The number of carbonyl (C=O) groups is 2. The number of aromatic nitrogens is 1. The van der Waals surface area contributed by atoms with Crippen molar-refractivity contribution >= 4 is 29.1 Å².